The van der Waals surface area contributed by atoms with E-state index in [0.29, 0.717) is 5.56 Å². The number of hydrogen-bond acceptors (Lipinski definition) is 2. The quantitative estimate of drug-likeness (QED) is 0.877. The number of aryl methyl sites for hydroxylation is 3. The van der Waals surface area contributed by atoms with Crippen molar-refractivity contribution in [3.8, 4) is 5.69 Å². The van der Waals surface area contributed by atoms with Gasteiger partial charge in [0, 0.05) is 35.8 Å². The normalized spacial score (nSPS) is 10.7. The third kappa shape index (κ3) is 2.22. The predicted octanol–water partition coefficient (Wildman–Crippen LogP) is 2.22. The molecular formula is C15H18N2O. The highest BCUT2D eigenvalue weighted by atomic mass is 16.1. The fraction of sp³-hybridized carbons (Fsp3) is 0.267. The van der Waals surface area contributed by atoms with Crippen molar-refractivity contribution < 1.29 is 0 Å². The lowest BCUT2D eigenvalue weighted by atomic mass is 10.1. The van der Waals surface area contributed by atoms with Crippen LogP contribution >= 0.6 is 0 Å². The SMILES string of the molecule is Cc1ccc(C)c(-n2cc(CN)c(=O)cc2C)c1. The molecule has 1 aromatic heterocycles. The number of nitrogens with zero attached hydrogens (tertiary/aromatic N) is 1. The third-order valence-corrected chi connectivity index (χ3v) is 3.17. The molecule has 2 N–H and O–H groups in total. The average molecular weight is 242 g/mol. The van der Waals surface area contributed by atoms with Crippen LogP contribution in [0.4, 0.5) is 0 Å². The van der Waals surface area contributed by atoms with Crippen molar-refractivity contribution in [2.75, 3.05) is 0 Å². The third-order valence-electron chi connectivity index (χ3n) is 3.17. The Bertz CT molecular complexity index is 641. The van der Waals surface area contributed by atoms with E-state index >= 15 is 0 Å². The molecule has 0 radical (unpaired) electrons. The van der Waals surface area contributed by atoms with Crippen molar-refractivity contribution in [1.82, 2.24) is 4.57 Å². The second-order valence-electron chi connectivity index (χ2n) is 4.67. The largest absolute Gasteiger partial charge is 0.326 e. The highest BCUT2D eigenvalue weighted by Gasteiger charge is 2.06. The Kier molecular flexibility index (Phi) is 3.34. The van der Waals surface area contributed by atoms with Gasteiger partial charge in [-0.15, -0.1) is 0 Å². The molecule has 0 saturated heterocycles. The van der Waals surface area contributed by atoms with E-state index < -0.39 is 0 Å². The molecule has 0 atom stereocenters. The summed E-state index contributed by atoms with van der Waals surface area (Å²) < 4.78 is 2.03. The molecule has 0 saturated carbocycles. The lowest BCUT2D eigenvalue weighted by molar-refractivity contribution is 0.915. The van der Waals surface area contributed by atoms with Gasteiger partial charge in [0.25, 0.3) is 0 Å². The van der Waals surface area contributed by atoms with Gasteiger partial charge < -0.3 is 10.3 Å². The number of aromatic nitrogens is 1. The van der Waals surface area contributed by atoms with Gasteiger partial charge in [-0.3, -0.25) is 4.79 Å². The molecule has 1 heterocycles. The fourth-order valence-electron chi connectivity index (χ4n) is 2.07. The van der Waals surface area contributed by atoms with E-state index in [1.807, 2.05) is 17.7 Å². The summed E-state index contributed by atoms with van der Waals surface area (Å²) in [6.07, 6.45) is 1.85. The van der Waals surface area contributed by atoms with E-state index in [9.17, 15) is 4.79 Å². The van der Waals surface area contributed by atoms with Crippen LogP contribution in [0, 0.1) is 20.8 Å². The minimum atomic E-state index is 0.0107. The van der Waals surface area contributed by atoms with E-state index in [-0.39, 0.29) is 12.0 Å². The highest BCUT2D eigenvalue weighted by Crippen LogP contribution is 2.17. The molecule has 0 aliphatic carbocycles. The summed E-state index contributed by atoms with van der Waals surface area (Å²) in [5, 5.41) is 0. The van der Waals surface area contributed by atoms with Gasteiger partial charge in [0.2, 0.25) is 0 Å². The fourth-order valence-corrected chi connectivity index (χ4v) is 2.07. The van der Waals surface area contributed by atoms with Crippen molar-refractivity contribution >= 4 is 0 Å². The average Bonchev–Trinajstić information content (AvgIpc) is 2.33. The lowest BCUT2D eigenvalue weighted by Crippen LogP contribution is -2.17. The molecule has 2 rings (SSSR count). The van der Waals surface area contributed by atoms with Crippen LogP contribution < -0.4 is 11.2 Å². The first-order valence-corrected chi connectivity index (χ1v) is 6.03. The van der Waals surface area contributed by atoms with Gasteiger partial charge in [-0.25, -0.2) is 0 Å². The Morgan fingerprint density at radius 2 is 1.89 bits per heavy atom. The second kappa shape index (κ2) is 4.78. The first kappa shape index (κ1) is 12.6. The van der Waals surface area contributed by atoms with Crippen LogP contribution in [0.25, 0.3) is 5.69 Å². The Morgan fingerprint density at radius 3 is 2.56 bits per heavy atom. The molecule has 0 aliphatic rings. The van der Waals surface area contributed by atoms with Crippen molar-refractivity contribution in [2.24, 2.45) is 5.73 Å². The van der Waals surface area contributed by atoms with E-state index in [2.05, 4.69) is 32.0 Å². The second-order valence-corrected chi connectivity index (χ2v) is 4.67. The van der Waals surface area contributed by atoms with Crippen LogP contribution in [-0.4, -0.2) is 4.57 Å². The minimum absolute atomic E-state index is 0.0107. The van der Waals surface area contributed by atoms with Crippen molar-refractivity contribution in [3.05, 3.63) is 63.1 Å². The molecular weight excluding hydrogens is 224 g/mol. The highest BCUT2D eigenvalue weighted by molar-refractivity contribution is 5.45. The zero-order valence-corrected chi connectivity index (χ0v) is 11.0. The first-order chi connectivity index (χ1) is 8.52. The predicted molar refractivity (Wildman–Crippen MR) is 74.1 cm³/mol. The summed E-state index contributed by atoms with van der Waals surface area (Å²) in [5.41, 5.74) is 10.6. The van der Waals surface area contributed by atoms with Crippen LogP contribution in [-0.2, 0) is 6.54 Å². The summed E-state index contributed by atoms with van der Waals surface area (Å²) in [4.78, 5) is 11.7. The summed E-state index contributed by atoms with van der Waals surface area (Å²) in [5.74, 6) is 0. The molecule has 3 nitrogen and oxygen atoms in total. The number of nitrogens with two attached hydrogens (primary N) is 1. The van der Waals surface area contributed by atoms with Crippen LogP contribution in [0.5, 0.6) is 0 Å². The van der Waals surface area contributed by atoms with Crippen molar-refractivity contribution in [1.29, 1.82) is 0 Å². The van der Waals surface area contributed by atoms with Gasteiger partial charge in [0.15, 0.2) is 5.43 Å². The Balaban J connectivity index is 2.70. The maximum absolute atomic E-state index is 11.7. The molecule has 0 bridgehead atoms. The number of pyridine rings is 1. The molecule has 94 valence electrons. The number of rotatable bonds is 2. The molecule has 1 aromatic carbocycles. The summed E-state index contributed by atoms with van der Waals surface area (Å²) in [6.45, 7) is 6.33. The summed E-state index contributed by atoms with van der Waals surface area (Å²) in [6, 6.07) is 7.93. The minimum Gasteiger partial charge on any atom is -0.326 e. The molecule has 18 heavy (non-hydrogen) atoms. The van der Waals surface area contributed by atoms with E-state index in [1.54, 1.807) is 6.07 Å². The topological polar surface area (TPSA) is 48.0 Å². The van der Waals surface area contributed by atoms with Gasteiger partial charge in [-0.2, -0.15) is 0 Å². The van der Waals surface area contributed by atoms with Crippen LogP contribution in [0.2, 0.25) is 0 Å². The standard InChI is InChI=1S/C15H18N2O/c1-10-4-5-11(2)14(6-10)17-9-13(8-16)15(18)7-12(17)3/h4-7,9H,8,16H2,1-3H3. The van der Waals surface area contributed by atoms with Gasteiger partial charge >= 0.3 is 0 Å². The Labute approximate surface area is 107 Å². The molecule has 0 aliphatic heterocycles. The summed E-state index contributed by atoms with van der Waals surface area (Å²) in [7, 11) is 0. The first-order valence-electron chi connectivity index (χ1n) is 6.03. The lowest BCUT2D eigenvalue weighted by Gasteiger charge is -2.15. The number of hydrogen-bond donors (Lipinski definition) is 1. The smallest absolute Gasteiger partial charge is 0.186 e. The van der Waals surface area contributed by atoms with Crippen molar-refractivity contribution in [3.63, 3.8) is 0 Å². The van der Waals surface area contributed by atoms with Crippen LogP contribution in [0.15, 0.2) is 35.3 Å². The van der Waals surface area contributed by atoms with E-state index in [0.717, 1.165) is 11.4 Å². The van der Waals surface area contributed by atoms with Crippen LogP contribution in [0.1, 0.15) is 22.4 Å². The van der Waals surface area contributed by atoms with E-state index in [1.165, 1.54) is 11.1 Å². The number of benzene rings is 1. The van der Waals surface area contributed by atoms with Crippen molar-refractivity contribution in [2.45, 2.75) is 27.3 Å². The molecule has 0 fully saturated rings. The molecule has 0 spiro atoms. The zero-order chi connectivity index (χ0) is 13.3. The molecule has 0 amide bonds. The monoisotopic (exact) mass is 242 g/mol. The Morgan fingerprint density at radius 1 is 1.17 bits per heavy atom. The zero-order valence-electron chi connectivity index (χ0n) is 11.0. The Hall–Kier alpha value is -1.87. The van der Waals surface area contributed by atoms with Gasteiger partial charge in [-0.1, -0.05) is 12.1 Å². The molecule has 3 heteroatoms. The van der Waals surface area contributed by atoms with Gasteiger partial charge in [0.1, 0.15) is 0 Å². The summed E-state index contributed by atoms with van der Waals surface area (Å²) >= 11 is 0. The van der Waals surface area contributed by atoms with E-state index in [4.69, 9.17) is 5.73 Å². The molecule has 0 unspecified atom stereocenters. The maximum atomic E-state index is 11.7. The van der Waals surface area contributed by atoms with Crippen LogP contribution in [0.3, 0.4) is 0 Å². The van der Waals surface area contributed by atoms with Gasteiger partial charge in [0.05, 0.1) is 0 Å². The molecule has 2 aromatic rings. The van der Waals surface area contributed by atoms with Gasteiger partial charge in [-0.05, 0) is 38.0 Å². The maximum Gasteiger partial charge on any atom is 0.186 e.